The third-order valence-corrected chi connectivity index (χ3v) is 4.26. The monoisotopic (exact) mass is 336 g/mol. The number of thiophene rings is 1. The zero-order chi connectivity index (χ0) is 10.3. The summed E-state index contributed by atoms with van der Waals surface area (Å²) in [5, 5.41) is 9.80. The van der Waals surface area contributed by atoms with Gasteiger partial charge in [-0.2, -0.15) is 0 Å². The largest absolute Gasteiger partial charge is 0.478 e. The molecule has 1 aromatic heterocycles. The summed E-state index contributed by atoms with van der Waals surface area (Å²) in [5.74, 6) is -0.868. The molecule has 72 valence electrons. The highest BCUT2D eigenvalue weighted by atomic mass is 127. The van der Waals surface area contributed by atoms with Crippen LogP contribution in [-0.2, 0) is 0 Å². The van der Waals surface area contributed by atoms with Crippen molar-refractivity contribution in [3.05, 3.63) is 26.6 Å². The molecule has 0 unspecified atom stereocenters. The predicted molar refractivity (Wildman–Crippen MR) is 68.8 cm³/mol. The number of carboxylic acid groups (broad SMARTS) is 1. The average molecular weight is 336 g/mol. The van der Waals surface area contributed by atoms with Gasteiger partial charge >= 0.3 is 5.97 Å². The Bertz CT molecular complexity index is 519. The first-order valence-electron chi connectivity index (χ1n) is 3.74. The third kappa shape index (κ3) is 1.64. The molecule has 0 atom stereocenters. The first-order chi connectivity index (χ1) is 6.59. The molecule has 14 heavy (non-hydrogen) atoms. The predicted octanol–water partition coefficient (Wildman–Crippen LogP) is 3.49. The van der Waals surface area contributed by atoms with Gasteiger partial charge in [0.25, 0.3) is 0 Å². The second-order valence-corrected chi connectivity index (χ2v) is 6.12. The molecule has 2 nitrogen and oxygen atoms in total. The number of benzene rings is 1. The van der Waals surface area contributed by atoms with Gasteiger partial charge in [-0.1, -0.05) is 6.07 Å². The summed E-state index contributed by atoms with van der Waals surface area (Å²) in [5.41, 5.74) is 0.402. The van der Waals surface area contributed by atoms with Gasteiger partial charge in [0.1, 0.15) is 0 Å². The molecule has 0 aliphatic rings. The summed E-state index contributed by atoms with van der Waals surface area (Å²) >= 11 is 7.74. The third-order valence-electron chi connectivity index (χ3n) is 1.84. The van der Waals surface area contributed by atoms with Crippen LogP contribution in [0.1, 0.15) is 10.4 Å². The van der Waals surface area contributed by atoms with E-state index in [-0.39, 0.29) is 0 Å². The molecular weight excluding hydrogens is 331 g/mol. The summed E-state index contributed by atoms with van der Waals surface area (Å²) in [6.45, 7) is 0. The minimum Gasteiger partial charge on any atom is -0.478 e. The number of fused-ring (bicyclic) bond motifs is 1. The standard InChI is InChI=1S/C9H5IO2S2/c10-8-7(9(11)12)5-2-1-4(13)3-6(5)14-8/h1-3,13H,(H,11,12). The van der Waals surface area contributed by atoms with E-state index in [4.69, 9.17) is 5.11 Å². The van der Waals surface area contributed by atoms with E-state index in [1.807, 2.05) is 6.07 Å². The van der Waals surface area contributed by atoms with Gasteiger partial charge in [0.2, 0.25) is 0 Å². The number of hydrogen-bond donors (Lipinski definition) is 2. The Labute approximate surface area is 103 Å². The van der Waals surface area contributed by atoms with E-state index in [1.54, 1.807) is 12.1 Å². The summed E-state index contributed by atoms with van der Waals surface area (Å²) < 4.78 is 1.78. The topological polar surface area (TPSA) is 37.3 Å². The van der Waals surface area contributed by atoms with Crippen molar-refractivity contribution in [3.8, 4) is 0 Å². The highest BCUT2D eigenvalue weighted by Gasteiger charge is 2.15. The molecule has 2 aromatic rings. The van der Waals surface area contributed by atoms with Crippen molar-refractivity contribution in [2.75, 3.05) is 0 Å². The zero-order valence-corrected chi connectivity index (χ0v) is 10.7. The van der Waals surface area contributed by atoms with Gasteiger partial charge in [-0.3, -0.25) is 0 Å². The van der Waals surface area contributed by atoms with Crippen molar-refractivity contribution in [2.24, 2.45) is 0 Å². The Balaban J connectivity index is 2.84. The van der Waals surface area contributed by atoms with Crippen LogP contribution in [-0.4, -0.2) is 11.1 Å². The number of rotatable bonds is 1. The average Bonchev–Trinajstić information content (AvgIpc) is 2.39. The van der Waals surface area contributed by atoms with Gasteiger partial charge in [-0.15, -0.1) is 24.0 Å². The summed E-state index contributed by atoms with van der Waals surface area (Å²) in [7, 11) is 0. The van der Waals surface area contributed by atoms with Gasteiger partial charge in [-0.05, 0) is 34.7 Å². The molecule has 0 aliphatic heterocycles. The van der Waals surface area contributed by atoms with E-state index >= 15 is 0 Å². The van der Waals surface area contributed by atoms with Crippen LogP contribution in [0.3, 0.4) is 0 Å². The lowest BCUT2D eigenvalue weighted by Gasteiger charge is -1.93. The Morgan fingerprint density at radius 3 is 2.86 bits per heavy atom. The molecule has 1 aromatic carbocycles. The van der Waals surface area contributed by atoms with Crippen LogP contribution < -0.4 is 0 Å². The van der Waals surface area contributed by atoms with E-state index in [1.165, 1.54) is 11.3 Å². The normalized spacial score (nSPS) is 10.7. The Morgan fingerprint density at radius 1 is 1.50 bits per heavy atom. The maximum Gasteiger partial charge on any atom is 0.338 e. The molecule has 0 amide bonds. The van der Waals surface area contributed by atoms with Crippen LogP contribution in [0.4, 0.5) is 0 Å². The first-order valence-corrected chi connectivity index (χ1v) is 6.08. The van der Waals surface area contributed by atoms with Crippen LogP contribution in [0.2, 0.25) is 0 Å². The summed E-state index contributed by atoms with van der Waals surface area (Å²) in [6.07, 6.45) is 0. The molecule has 0 radical (unpaired) electrons. The molecule has 1 heterocycles. The van der Waals surface area contributed by atoms with E-state index in [0.717, 1.165) is 17.9 Å². The van der Waals surface area contributed by atoms with Crippen molar-refractivity contribution in [1.29, 1.82) is 0 Å². The molecule has 0 saturated heterocycles. The lowest BCUT2D eigenvalue weighted by atomic mass is 10.2. The van der Waals surface area contributed by atoms with E-state index in [9.17, 15) is 4.79 Å². The summed E-state index contributed by atoms with van der Waals surface area (Å²) in [6, 6.07) is 5.50. The second-order valence-electron chi connectivity index (χ2n) is 2.74. The van der Waals surface area contributed by atoms with Crippen molar-refractivity contribution >= 4 is 62.6 Å². The number of aromatic carboxylic acids is 1. The van der Waals surface area contributed by atoms with Crippen LogP contribution in [0.5, 0.6) is 0 Å². The van der Waals surface area contributed by atoms with Crippen molar-refractivity contribution in [3.63, 3.8) is 0 Å². The maximum atomic E-state index is 11.0. The lowest BCUT2D eigenvalue weighted by Crippen LogP contribution is -1.95. The highest BCUT2D eigenvalue weighted by Crippen LogP contribution is 2.33. The molecule has 0 spiro atoms. The quantitative estimate of drug-likeness (QED) is 0.618. The number of thiol groups is 1. The molecule has 0 aliphatic carbocycles. The van der Waals surface area contributed by atoms with Crippen molar-refractivity contribution in [1.82, 2.24) is 0 Å². The lowest BCUT2D eigenvalue weighted by molar-refractivity contribution is 0.0698. The Morgan fingerprint density at radius 2 is 2.21 bits per heavy atom. The number of halogens is 1. The molecule has 0 fully saturated rings. The van der Waals surface area contributed by atoms with E-state index in [2.05, 4.69) is 35.2 Å². The summed E-state index contributed by atoms with van der Waals surface area (Å²) in [4.78, 5) is 11.8. The van der Waals surface area contributed by atoms with Crippen LogP contribution in [0.25, 0.3) is 10.1 Å². The molecule has 0 saturated carbocycles. The number of hydrogen-bond acceptors (Lipinski definition) is 3. The van der Waals surface area contributed by atoms with Gasteiger partial charge in [-0.25, -0.2) is 4.79 Å². The molecule has 5 heteroatoms. The molecule has 1 N–H and O–H groups in total. The minimum absolute atomic E-state index is 0.402. The van der Waals surface area contributed by atoms with Gasteiger partial charge in [0.05, 0.1) is 8.45 Å². The SMILES string of the molecule is O=C(O)c1c(I)sc2cc(S)ccc12. The fraction of sp³-hybridized carbons (Fsp3) is 0. The second kappa shape index (κ2) is 3.71. The molecule has 2 rings (SSSR count). The van der Waals surface area contributed by atoms with E-state index in [0.29, 0.717) is 5.56 Å². The van der Waals surface area contributed by atoms with Crippen molar-refractivity contribution < 1.29 is 9.90 Å². The number of carboxylic acids is 1. The smallest absolute Gasteiger partial charge is 0.338 e. The first kappa shape index (κ1) is 10.3. The molecular formula is C9H5IO2S2. The van der Waals surface area contributed by atoms with Gasteiger partial charge < -0.3 is 5.11 Å². The minimum atomic E-state index is -0.868. The van der Waals surface area contributed by atoms with Gasteiger partial charge in [0, 0.05) is 15.0 Å². The zero-order valence-electron chi connectivity index (χ0n) is 6.82. The van der Waals surface area contributed by atoms with Crippen LogP contribution in [0, 0.1) is 2.88 Å². The maximum absolute atomic E-state index is 11.0. The van der Waals surface area contributed by atoms with Gasteiger partial charge in [0.15, 0.2) is 0 Å². The molecule has 0 bridgehead atoms. The number of carbonyl (C=O) groups is 1. The fourth-order valence-corrected chi connectivity index (χ4v) is 3.74. The van der Waals surface area contributed by atoms with Crippen molar-refractivity contribution in [2.45, 2.75) is 4.90 Å². The van der Waals surface area contributed by atoms with Crippen LogP contribution in [0.15, 0.2) is 23.1 Å². The fourth-order valence-electron chi connectivity index (χ4n) is 1.25. The Kier molecular flexibility index (Phi) is 2.72. The highest BCUT2D eigenvalue weighted by molar-refractivity contribution is 14.1. The van der Waals surface area contributed by atoms with E-state index < -0.39 is 5.97 Å². The Hall–Kier alpha value is -0.270. The van der Waals surface area contributed by atoms with Crippen LogP contribution >= 0.6 is 46.6 Å².